The first-order valence-corrected chi connectivity index (χ1v) is 10.2. The predicted octanol–water partition coefficient (Wildman–Crippen LogP) is 0.592. The third kappa shape index (κ3) is 5.78. The van der Waals surface area contributed by atoms with Crippen LogP contribution in [0, 0.1) is 0 Å². The van der Waals surface area contributed by atoms with Gasteiger partial charge in [0.2, 0.25) is 15.9 Å². The van der Waals surface area contributed by atoms with Crippen molar-refractivity contribution in [1.82, 2.24) is 9.62 Å². The van der Waals surface area contributed by atoms with Crippen molar-refractivity contribution in [2.75, 3.05) is 26.3 Å². The highest BCUT2D eigenvalue weighted by Gasteiger charge is 2.25. The molecular weight excluding hydrogens is 342 g/mol. The fourth-order valence-electron chi connectivity index (χ4n) is 2.74. The first-order valence-electron chi connectivity index (χ1n) is 8.59. The predicted molar refractivity (Wildman–Crippen MR) is 96.2 cm³/mol. The smallest absolute Gasteiger partial charge is 0.237 e. The van der Waals surface area contributed by atoms with Crippen LogP contribution in [0.25, 0.3) is 0 Å². The minimum absolute atomic E-state index is 0.0833. The van der Waals surface area contributed by atoms with Gasteiger partial charge < -0.3 is 15.8 Å². The highest BCUT2D eigenvalue weighted by molar-refractivity contribution is 7.88. The summed E-state index contributed by atoms with van der Waals surface area (Å²) >= 11 is 0. The zero-order valence-corrected chi connectivity index (χ0v) is 15.4. The zero-order valence-electron chi connectivity index (χ0n) is 14.6. The van der Waals surface area contributed by atoms with Crippen molar-refractivity contribution in [3.8, 4) is 0 Å². The highest BCUT2D eigenvalue weighted by Crippen LogP contribution is 2.16. The summed E-state index contributed by atoms with van der Waals surface area (Å²) in [5, 5.41) is 2.80. The summed E-state index contributed by atoms with van der Waals surface area (Å²) in [5.41, 5.74) is 7.28. The molecule has 0 aromatic heterocycles. The Morgan fingerprint density at radius 2 is 1.92 bits per heavy atom. The van der Waals surface area contributed by atoms with Gasteiger partial charge in [0.05, 0.1) is 25.0 Å². The molecule has 1 heterocycles. The topological polar surface area (TPSA) is 102 Å². The van der Waals surface area contributed by atoms with Gasteiger partial charge in [-0.25, -0.2) is 8.42 Å². The first-order chi connectivity index (χ1) is 11.9. The van der Waals surface area contributed by atoms with Crippen LogP contribution < -0.4 is 11.1 Å². The lowest BCUT2D eigenvalue weighted by Gasteiger charge is -2.26. The van der Waals surface area contributed by atoms with E-state index in [4.69, 9.17) is 10.5 Å². The number of morpholine rings is 1. The van der Waals surface area contributed by atoms with E-state index in [9.17, 15) is 13.2 Å². The normalized spacial score (nSPS) is 17.2. The maximum atomic E-state index is 12.6. The molecule has 3 N–H and O–H groups in total. The van der Waals surface area contributed by atoms with E-state index in [-0.39, 0.29) is 18.2 Å². The molecule has 1 atom stereocenters. The Hall–Kier alpha value is -1.48. The molecule has 0 bridgehead atoms. The third-order valence-corrected chi connectivity index (χ3v) is 6.04. The SMILES string of the molecule is CCCC(N)C(=O)NCc1ccccc1CS(=O)(=O)N1CCOCC1. The lowest BCUT2D eigenvalue weighted by atomic mass is 10.1. The van der Waals surface area contributed by atoms with Crippen molar-refractivity contribution >= 4 is 15.9 Å². The second-order valence-corrected chi connectivity index (χ2v) is 8.12. The molecular formula is C17H27N3O4S. The summed E-state index contributed by atoms with van der Waals surface area (Å²) in [6.07, 6.45) is 1.46. The van der Waals surface area contributed by atoms with Gasteiger partial charge in [-0.05, 0) is 17.5 Å². The number of nitrogens with two attached hydrogens (primary N) is 1. The fraction of sp³-hybridized carbons (Fsp3) is 0.588. The molecule has 0 saturated carbocycles. The summed E-state index contributed by atoms with van der Waals surface area (Å²) in [7, 11) is -3.41. The van der Waals surface area contributed by atoms with Gasteiger partial charge in [0.15, 0.2) is 0 Å². The van der Waals surface area contributed by atoms with E-state index in [1.165, 1.54) is 4.31 Å². The number of rotatable bonds is 8. The van der Waals surface area contributed by atoms with Gasteiger partial charge in [0.1, 0.15) is 0 Å². The molecule has 1 saturated heterocycles. The summed E-state index contributed by atoms with van der Waals surface area (Å²) in [6, 6.07) is 6.71. The van der Waals surface area contributed by atoms with Crippen LogP contribution in [0.1, 0.15) is 30.9 Å². The molecule has 8 heteroatoms. The maximum absolute atomic E-state index is 12.6. The van der Waals surface area contributed by atoms with Crippen LogP contribution >= 0.6 is 0 Å². The average Bonchev–Trinajstić information content (AvgIpc) is 2.61. The second kappa shape index (κ2) is 9.28. The average molecular weight is 369 g/mol. The van der Waals surface area contributed by atoms with Gasteiger partial charge in [-0.3, -0.25) is 4.79 Å². The van der Waals surface area contributed by atoms with Crippen LogP contribution in [0.4, 0.5) is 0 Å². The third-order valence-electron chi connectivity index (χ3n) is 4.21. The Morgan fingerprint density at radius 3 is 2.56 bits per heavy atom. The van der Waals surface area contributed by atoms with Crippen LogP contribution in [0.15, 0.2) is 24.3 Å². The Balaban J connectivity index is 2.03. The van der Waals surface area contributed by atoms with Gasteiger partial charge in [-0.2, -0.15) is 4.31 Å². The second-order valence-electron chi connectivity index (χ2n) is 6.15. The van der Waals surface area contributed by atoms with Crippen molar-refractivity contribution < 1.29 is 17.9 Å². The van der Waals surface area contributed by atoms with Gasteiger partial charge in [0, 0.05) is 19.6 Å². The number of carbonyl (C=O) groups excluding carboxylic acids is 1. The Morgan fingerprint density at radius 1 is 1.28 bits per heavy atom. The molecule has 7 nitrogen and oxygen atoms in total. The zero-order chi connectivity index (χ0) is 18.3. The van der Waals surface area contributed by atoms with Gasteiger partial charge >= 0.3 is 0 Å². The summed E-state index contributed by atoms with van der Waals surface area (Å²) in [4.78, 5) is 12.0. The molecule has 25 heavy (non-hydrogen) atoms. The number of ether oxygens (including phenoxy) is 1. The van der Waals surface area contributed by atoms with E-state index in [0.29, 0.717) is 38.3 Å². The van der Waals surface area contributed by atoms with Crippen molar-refractivity contribution in [3.63, 3.8) is 0 Å². The minimum atomic E-state index is -3.41. The number of benzene rings is 1. The molecule has 1 amide bonds. The van der Waals surface area contributed by atoms with Crippen LogP contribution in [-0.4, -0.2) is 51.0 Å². The monoisotopic (exact) mass is 369 g/mol. The van der Waals surface area contributed by atoms with Gasteiger partial charge in [-0.15, -0.1) is 0 Å². The highest BCUT2D eigenvalue weighted by atomic mass is 32.2. The lowest BCUT2D eigenvalue weighted by Crippen LogP contribution is -2.41. The van der Waals surface area contributed by atoms with E-state index in [1.807, 2.05) is 19.1 Å². The molecule has 0 spiro atoms. The van der Waals surface area contributed by atoms with Crippen LogP contribution in [0.5, 0.6) is 0 Å². The quantitative estimate of drug-likeness (QED) is 0.698. The minimum Gasteiger partial charge on any atom is -0.379 e. The first kappa shape index (κ1) is 19.8. The van der Waals surface area contributed by atoms with E-state index < -0.39 is 16.1 Å². The van der Waals surface area contributed by atoms with Crippen LogP contribution in [0.3, 0.4) is 0 Å². The van der Waals surface area contributed by atoms with Gasteiger partial charge in [0.25, 0.3) is 0 Å². The molecule has 2 rings (SSSR count). The molecule has 1 aliphatic heterocycles. The molecule has 1 aliphatic rings. The molecule has 140 valence electrons. The fourth-order valence-corrected chi connectivity index (χ4v) is 4.30. The molecule has 1 fully saturated rings. The number of carbonyl (C=O) groups is 1. The number of nitrogens with zero attached hydrogens (tertiary/aromatic N) is 1. The molecule has 0 radical (unpaired) electrons. The number of nitrogens with one attached hydrogen (secondary N) is 1. The van der Waals surface area contributed by atoms with E-state index in [1.54, 1.807) is 12.1 Å². The van der Waals surface area contributed by atoms with Crippen molar-refractivity contribution in [2.45, 2.75) is 38.1 Å². The number of amides is 1. The number of hydrogen-bond donors (Lipinski definition) is 2. The van der Waals surface area contributed by atoms with Crippen molar-refractivity contribution in [2.24, 2.45) is 5.73 Å². The largest absolute Gasteiger partial charge is 0.379 e. The molecule has 1 unspecified atom stereocenters. The molecule has 1 aromatic carbocycles. The summed E-state index contributed by atoms with van der Waals surface area (Å²) < 4.78 is 31.9. The Labute approximate surface area is 149 Å². The van der Waals surface area contributed by atoms with Crippen molar-refractivity contribution in [3.05, 3.63) is 35.4 Å². The van der Waals surface area contributed by atoms with Gasteiger partial charge in [-0.1, -0.05) is 37.6 Å². The Kier molecular flexibility index (Phi) is 7.37. The maximum Gasteiger partial charge on any atom is 0.237 e. The summed E-state index contributed by atoms with van der Waals surface area (Å²) in [5.74, 6) is -0.298. The van der Waals surface area contributed by atoms with E-state index >= 15 is 0 Å². The summed E-state index contributed by atoms with van der Waals surface area (Å²) in [6.45, 7) is 3.85. The number of sulfonamides is 1. The molecule has 0 aliphatic carbocycles. The number of hydrogen-bond acceptors (Lipinski definition) is 5. The van der Waals surface area contributed by atoms with Crippen molar-refractivity contribution in [1.29, 1.82) is 0 Å². The van der Waals surface area contributed by atoms with E-state index in [2.05, 4.69) is 5.32 Å². The lowest BCUT2D eigenvalue weighted by molar-refractivity contribution is -0.122. The molecule has 1 aromatic rings. The van der Waals surface area contributed by atoms with E-state index in [0.717, 1.165) is 12.0 Å². The van der Waals surface area contributed by atoms with Crippen LogP contribution in [0.2, 0.25) is 0 Å². The van der Waals surface area contributed by atoms with Crippen LogP contribution in [-0.2, 0) is 31.9 Å². The Bertz CT molecular complexity index is 672. The standard InChI is InChI=1S/C17H27N3O4S/c1-2-5-16(18)17(21)19-12-14-6-3-4-7-15(14)13-25(22,23)20-8-10-24-11-9-20/h3-4,6-7,16H,2,5,8-13,18H2,1H3,(H,19,21).